The minimum absolute atomic E-state index is 0.0300. The predicted molar refractivity (Wildman–Crippen MR) is 78.6 cm³/mol. The van der Waals surface area contributed by atoms with Crippen LogP contribution in [0.5, 0.6) is 0 Å². The van der Waals surface area contributed by atoms with Crippen molar-refractivity contribution in [3.05, 3.63) is 38.3 Å². The van der Waals surface area contributed by atoms with Crippen LogP contribution >= 0.6 is 15.9 Å². The number of nitro benzene ring substituents is 1. The first kappa shape index (κ1) is 16.6. The Kier molecular flexibility index (Phi) is 6.09. The van der Waals surface area contributed by atoms with Crippen molar-refractivity contribution in [3.63, 3.8) is 0 Å². The maximum absolute atomic E-state index is 12.0. The van der Waals surface area contributed by atoms with Gasteiger partial charge in [-0.15, -0.1) is 0 Å². The summed E-state index contributed by atoms with van der Waals surface area (Å²) >= 11 is 3.14. The van der Waals surface area contributed by atoms with Gasteiger partial charge in [-0.25, -0.2) is 0 Å². The first-order chi connectivity index (χ1) is 9.31. The van der Waals surface area contributed by atoms with Gasteiger partial charge in [-0.3, -0.25) is 14.9 Å². The highest BCUT2D eigenvalue weighted by Crippen LogP contribution is 2.23. The number of halogens is 1. The van der Waals surface area contributed by atoms with Gasteiger partial charge in [-0.1, -0.05) is 22.9 Å². The molecular weight excluding hydrogens is 328 g/mol. The highest BCUT2D eigenvalue weighted by atomic mass is 79.9. The Hall–Kier alpha value is -1.47. The Bertz CT molecular complexity index is 505. The van der Waals surface area contributed by atoms with Crippen molar-refractivity contribution >= 4 is 27.5 Å². The second kappa shape index (κ2) is 7.35. The fraction of sp³-hybridized carbons (Fsp3) is 0.462. The highest BCUT2D eigenvalue weighted by molar-refractivity contribution is 9.10. The van der Waals surface area contributed by atoms with E-state index in [4.69, 9.17) is 0 Å². The van der Waals surface area contributed by atoms with Gasteiger partial charge >= 0.3 is 0 Å². The summed E-state index contributed by atoms with van der Waals surface area (Å²) in [5.41, 5.74) is -0.206. The van der Waals surface area contributed by atoms with Gasteiger partial charge < -0.3 is 10.4 Å². The molecule has 7 heteroatoms. The number of carbonyl (C=O) groups is 1. The average molecular weight is 345 g/mol. The molecular formula is C13H17BrN2O4. The number of amides is 1. The largest absolute Gasteiger partial charge is 0.393 e. The van der Waals surface area contributed by atoms with E-state index < -0.39 is 16.9 Å². The van der Waals surface area contributed by atoms with E-state index in [-0.39, 0.29) is 17.2 Å². The third kappa shape index (κ3) is 4.90. The maximum atomic E-state index is 12.0. The van der Waals surface area contributed by atoms with Crippen LogP contribution in [-0.4, -0.2) is 28.6 Å². The predicted octanol–water partition coefficient (Wildman–Crippen LogP) is 2.49. The summed E-state index contributed by atoms with van der Waals surface area (Å²) in [5.74, 6) is -0.393. The Morgan fingerprint density at radius 2 is 2.15 bits per heavy atom. The van der Waals surface area contributed by atoms with E-state index in [1.54, 1.807) is 13.0 Å². The van der Waals surface area contributed by atoms with E-state index in [0.717, 1.165) is 0 Å². The zero-order chi connectivity index (χ0) is 15.3. The molecule has 0 spiro atoms. The van der Waals surface area contributed by atoms with E-state index in [2.05, 4.69) is 21.2 Å². The molecule has 0 aromatic heterocycles. The molecule has 0 bridgehead atoms. The molecule has 0 aliphatic carbocycles. The van der Waals surface area contributed by atoms with Crippen molar-refractivity contribution in [3.8, 4) is 0 Å². The lowest BCUT2D eigenvalue weighted by molar-refractivity contribution is -0.385. The topological polar surface area (TPSA) is 92.5 Å². The van der Waals surface area contributed by atoms with Crippen molar-refractivity contribution in [2.45, 2.75) is 26.4 Å². The lowest BCUT2D eigenvalue weighted by Crippen LogP contribution is -2.30. The van der Waals surface area contributed by atoms with Crippen LogP contribution < -0.4 is 5.32 Å². The lowest BCUT2D eigenvalue weighted by atomic mass is 10.0. The molecule has 6 nitrogen and oxygen atoms in total. The molecule has 1 aromatic carbocycles. The zero-order valence-corrected chi connectivity index (χ0v) is 12.9. The Morgan fingerprint density at radius 1 is 1.50 bits per heavy atom. The van der Waals surface area contributed by atoms with E-state index in [0.29, 0.717) is 17.4 Å². The molecule has 0 aliphatic rings. The summed E-state index contributed by atoms with van der Waals surface area (Å²) in [6, 6.07) is 4.30. The second-order valence-corrected chi connectivity index (χ2v) is 5.73. The van der Waals surface area contributed by atoms with Crippen molar-refractivity contribution < 1.29 is 14.8 Å². The average Bonchev–Trinajstić information content (AvgIpc) is 2.35. The first-order valence-electron chi connectivity index (χ1n) is 6.21. The molecule has 0 radical (unpaired) electrons. The normalized spacial score (nSPS) is 13.6. The number of nitro groups is 1. The van der Waals surface area contributed by atoms with Crippen LogP contribution in [0.4, 0.5) is 5.69 Å². The van der Waals surface area contributed by atoms with Crippen LogP contribution in [0.15, 0.2) is 22.7 Å². The van der Waals surface area contributed by atoms with Crippen molar-refractivity contribution in [1.82, 2.24) is 5.32 Å². The van der Waals surface area contributed by atoms with Crippen molar-refractivity contribution in [2.24, 2.45) is 5.92 Å². The number of nitrogens with one attached hydrogen (secondary N) is 1. The molecule has 2 unspecified atom stereocenters. The van der Waals surface area contributed by atoms with Gasteiger partial charge in [-0.2, -0.15) is 0 Å². The molecule has 0 saturated heterocycles. The van der Waals surface area contributed by atoms with Crippen LogP contribution in [0.1, 0.15) is 30.6 Å². The van der Waals surface area contributed by atoms with Gasteiger partial charge in [0.1, 0.15) is 5.56 Å². The van der Waals surface area contributed by atoms with Gasteiger partial charge in [-0.05, 0) is 31.4 Å². The summed E-state index contributed by atoms with van der Waals surface area (Å²) in [6.45, 7) is 3.93. The number of benzene rings is 1. The lowest BCUT2D eigenvalue weighted by Gasteiger charge is -2.14. The Balaban J connectivity index is 2.75. The number of nitrogens with zero attached hydrogens (tertiary/aromatic N) is 1. The van der Waals surface area contributed by atoms with Crippen LogP contribution in [0.3, 0.4) is 0 Å². The van der Waals surface area contributed by atoms with Gasteiger partial charge in [0.25, 0.3) is 11.6 Å². The van der Waals surface area contributed by atoms with Crippen molar-refractivity contribution in [1.29, 1.82) is 0 Å². The molecule has 2 atom stereocenters. The summed E-state index contributed by atoms with van der Waals surface area (Å²) in [4.78, 5) is 22.3. The molecule has 1 aromatic rings. The first-order valence-corrected chi connectivity index (χ1v) is 7.00. The number of hydrogen-bond acceptors (Lipinski definition) is 4. The maximum Gasteiger partial charge on any atom is 0.283 e. The number of rotatable bonds is 6. The summed E-state index contributed by atoms with van der Waals surface area (Å²) in [6.07, 6.45) is 0.117. The van der Waals surface area contributed by atoms with E-state index in [1.807, 2.05) is 6.92 Å². The number of hydrogen-bond donors (Lipinski definition) is 2. The minimum Gasteiger partial charge on any atom is -0.393 e. The van der Waals surface area contributed by atoms with Gasteiger partial charge in [0, 0.05) is 17.1 Å². The molecule has 1 amide bonds. The molecule has 0 saturated carbocycles. The highest BCUT2D eigenvalue weighted by Gasteiger charge is 2.20. The van der Waals surface area contributed by atoms with E-state index in [1.165, 1.54) is 12.1 Å². The van der Waals surface area contributed by atoms with E-state index >= 15 is 0 Å². The minimum atomic E-state index is -0.584. The quantitative estimate of drug-likeness (QED) is 0.612. The van der Waals surface area contributed by atoms with Gasteiger partial charge in [0.15, 0.2) is 0 Å². The molecule has 20 heavy (non-hydrogen) atoms. The molecule has 0 heterocycles. The second-order valence-electron chi connectivity index (χ2n) is 4.82. The summed E-state index contributed by atoms with van der Waals surface area (Å²) in [5, 5.41) is 22.8. The standard InChI is InChI=1S/C13H17BrN2O4/c1-8(5-9(2)17)7-15-13(18)11-4-3-10(14)6-12(11)16(19)20/h3-4,6,8-9,17H,5,7H2,1-2H3,(H,15,18). The van der Waals surface area contributed by atoms with Gasteiger partial charge in [0.05, 0.1) is 11.0 Å². The van der Waals surface area contributed by atoms with E-state index in [9.17, 15) is 20.0 Å². The Morgan fingerprint density at radius 3 is 2.70 bits per heavy atom. The monoisotopic (exact) mass is 344 g/mol. The zero-order valence-electron chi connectivity index (χ0n) is 11.3. The molecule has 1 rings (SSSR count). The van der Waals surface area contributed by atoms with Gasteiger partial charge in [0.2, 0.25) is 0 Å². The molecule has 2 N–H and O–H groups in total. The van der Waals surface area contributed by atoms with Crippen LogP contribution in [0, 0.1) is 16.0 Å². The third-order valence-corrected chi connectivity index (χ3v) is 3.25. The smallest absolute Gasteiger partial charge is 0.283 e. The SMILES string of the molecule is CC(O)CC(C)CNC(=O)c1ccc(Br)cc1[N+](=O)[O-]. The molecule has 110 valence electrons. The third-order valence-electron chi connectivity index (χ3n) is 2.76. The number of aliphatic hydroxyl groups excluding tert-OH is 1. The Labute approximate surface area is 125 Å². The number of aliphatic hydroxyl groups is 1. The molecule has 0 aliphatic heterocycles. The molecule has 0 fully saturated rings. The fourth-order valence-corrected chi connectivity index (χ4v) is 2.22. The summed E-state index contributed by atoms with van der Waals surface area (Å²) in [7, 11) is 0. The van der Waals surface area contributed by atoms with Crippen LogP contribution in [0.25, 0.3) is 0 Å². The van der Waals surface area contributed by atoms with Crippen LogP contribution in [0.2, 0.25) is 0 Å². The summed E-state index contributed by atoms with van der Waals surface area (Å²) < 4.78 is 0.545. The fourth-order valence-electron chi connectivity index (χ4n) is 1.88. The number of carbonyl (C=O) groups excluding carboxylic acids is 1. The van der Waals surface area contributed by atoms with Crippen LogP contribution in [-0.2, 0) is 0 Å². The van der Waals surface area contributed by atoms with Crippen molar-refractivity contribution in [2.75, 3.05) is 6.54 Å².